The Hall–Kier alpha value is -1.75. The van der Waals surface area contributed by atoms with Crippen LogP contribution in [0, 0.1) is 0 Å². The first-order valence-electron chi connectivity index (χ1n) is 4.52. The second kappa shape index (κ2) is 5.21. The summed E-state index contributed by atoms with van der Waals surface area (Å²) in [5.41, 5.74) is 0.795. The molecule has 0 aromatic heterocycles. The van der Waals surface area contributed by atoms with Crippen LogP contribution < -0.4 is 5.32 Å². The standard InChI is InChI=1S/C10H13NO4/c12-6-10(15)11-4-3-7-1-2-8(13)9(14)5-7/h1-2,5,12-14H,3-4,6H2,(H,11,15). The molecule has 0 saturated heterocycles. The number of benzene rings is 1. The zero-order valence-corrected chi connectivity index (χ0v) is 8.10. The predicted molar refractivity (Wildman–Crippen MR) is 53.6 cm³/mol. The molecule has 0 spiro atoms. The third-order valence-corrected chi connectivity index (χ3v) is 1.92. The Morgan fingerprint density at radius 1 is 1.27 bits per heavy atom. The van der Waals surface area contributed by atoms with Gasteiger partial charge in [0, 0.05) is 6.54 Å². The fourth-order valence-electron chi connectivity index (χ4n) is 1.13. The molecule has 0 heterocycles. The number of carbonyl (C=O) groups excluding carboxylic acids is 1. The number of hydrogen-bond donors (Lipinski definition) is 4. The van der Waals surface area contributed by atoms with Gasteiger partial charge in [-0.1, -0.05) is 6.07 Å². The van der Waals surface area contributed by atoms with Crippen molar-refractivity contribution in [1.82, 2.24) is 5.32 Å². The number of carbonyl (C=O) groups is 1. The van der Waals surface area contributed by atoms with Crippen LogP contribution in [0.2, 0.25) is 0 Å². The van der Waals surface area contributed by atoms with Gasteiger partial charge >= 0.3 is 0 Å². The summed E-state index contributed by atoms with van der Waals surface area (Å²) >= 11 is 0. The average Bonchev–Trinajstić information content (AvgIpc) is 2.23. The van der Waals surface area contributed by atoms with E-state index < -0.39 is 12.5 Å². The van der Waals surface area contributed by atoms with E-state index >= 15 is 0 Å². The number of rotatable bonds is 4. The van der Waals surface area contributed by atoms with Gasteiger partial charge in [0.1, 0.15) is 6.61 Å². The van der Waals surface area contributed by atoms with E-state index in [1.807, 2.05) is 0 Å². The molecule has 1 amide bonds. The van der Waals surface area contributed by atoms with Gasteiger partial charge in [-0.2, -0.15) is 0 Å². The SMILES string of the molecule is O=C(CO)NCCc1ccc(O)c(O)c1. The van der Waals surface area contributed by atoms with Crippen molar-refractivity contribution >= 4 is 5.91 Å². The Morgan fingerprint density at radius 3 is 2.60 bits per heavy atom. The topological polar surface area (TPSA) is 89.8 Å². The molecule has 82 valence electrons. The van der Waals surface area contributed by atoms with Crippen LogP contribution in [0.3, 0.4) is 0 Å². The lowest BCUT2D eigenvalue weighted by Gasteiger charge is -2.04. The Morgan fingerprint density at radius 2 is 2.00 bits per heavy atom. The first-order chi connectivity index (χ1) is 7.13. The molecular weight excluding hydrogens is 198 g/mol. The minimum Gasteiger partial charge on any atom is -0.504 e. The normalized spacial score (nSPS) is 9.93. The summed E-state index contributed by atoms with van der Waals surface area (Å²) in [4.78, 5) is 10.7. The fourth-order valence-corrected chi connectivity index (χ4v) is 1.13. The molecule has 0 aliphatic carbocycles. The van der Waals surface area contributed by atoms with Crippen LogP contribution in [0.1, 0.15) is 5.56 Å². The molecule has 4 N–H and O–H groups in total. The Balaban J connectivity index is 2.44. The zero-order valence-electron chi connectivity index (χ0n) is 8.10. The molecule has 5 nitrogen and oxygen atoms in total. The van der Waals surface area contributed by atoms with Gasteiger partial charge in [0.05, 0.1) is 0 Å². The fraction of sp³-hybridized carbons (Fsp3) is 0.300. The quantitative estimate of drug-likeness (QED) is 0.517. The summed E-state index contributed by atoms with van der Waals surface area (Å²) in [5.74, 6) is -0.780. The second-order valence-corrected chi connectivity index (χ2v) is 3.08. The van der Waals surface area contributed by atoms with Gasteiger partial charge in [-0.05, 0) is 24.1 Å². The first kappa shape index (κ1) is 11.3. The molecule has 1 rings (SSSR count). The third kappa shape index (κ3) is 3.47. The Labute approximate surface area is 87.0 Å². The molecule has 0 aliphatic heterocycles. The van der Waals surface area contributed by atoms with Gasteiger partial charge in [-0.3, -0.25) is 4.79 Å². The van der Waals surface area contributed by atoms with Crippen molar-refractivity contribution in [2.75, 3.05) is 13.2 Å². The largest absolute Gasteiger partial charge is 0.504 e. The molecule has 0 radical (unpaired) electrons. The number of aliphatic hydroxyl groups is 1. The zero-order chi connectivity index (χ0) is 11.3. The highest BCUT2D eigenvalue weighted by Crippen LogP contribution is 2.24. The predicted octanol–water partition coefficient (Wildman–Crippen LogP) is -0.251. The molecule has 5 heteroatoms. The van der Waals surface area contributed by atoms with Crippen molar-refractivity contribution in [3.8, 4) is 11.5 Å². The Bertz CT molecular complexity index is 351. The third-order valence-electron chi connectivity index (χ3n) is 1.92. The summed E-state index contributed by atoms with van der Waals surface area (Å²) in [6.45, 7) is -0.148. The maximum absolute atomic E-state index is 10.7. The van der Waals surface area contributed by atoms with Crippen LogP contribution in [-0.2, 0) is 11.2 Å². The summed E-state index contributed by atoms with van der Waals surface area (Å²) in [7, 11) is 0. The molecule has 0 unspecified atom stereocenters. The number of amides is 1. The van der Waals surface area contributed by atoms with Gasteiger partial charge in [-0.15, -0.1) is 0 Å². The van der Waals surface area contributed by atoms with Crippen molar-refractivity contribution in [2.45, 2.75) is 6.42 Å². The molecule has 1 aromatic rings. The molecule has 0 fully saturated rings. The summed E-state index contributed by atoms with van der Waals surface area (Å²) in [6, 6.07) is 4.47. The minimum atomic E-state index is -0.527. The lowest BCUT2D eigenvalue weighted by Crippen LogP contribution is -2.28. The number of aromatic hydroxyl groups is 2. The van der Waals surface area contributed by atoms with E-state index in [9.17, 15) is 9.90 Å². The second-order valence-electron chi connectivity index (χ2n) is 3.08. The van der Waals surface area contributed by atoms with Crippen LogP contribution in [0.5, 0.6) is 11.5 Å². The number of hydrogen-bond acceptors (Lipinski definition) is 4. The smallest absolute Gasteiger partial charge is 0.245 e. The lowest BCUT2D eigenvalue weighted by atomic mass is 10.1. The molecule has 0 atom stereocenters. The molecule has 0 saturated carbocycles. The average molecular weight is 211 g/mol. The first-order valence-corrected chi connectivity index (χ1v) is 4.52. The van der Waals surface area contributed by atoms with E-state index in [4.69, 9.17) is 10.2 Å². The highest BCUT2D eigenvalue weighted by atomic mass is 16.3. The van der Waals surface area contributed by atoms with Crippen LogP contribution in [0.25, 0.3) is 0 Å². The van der Waals surface area contributed by atoms with Gasteiger partial charge in [-0.25, -0.2) is 0 Å². The number of nitrogens with one attached hydrogen (secondary N) is 1. The van der Waals surface area contributed by atoms with Gasteiger partial charge in [0.2, 0.25) is 5.91 Å². The highest BCUT2D eigenvalue weighted by molar-refractivity contribution is 5.76. The van der Waals surface area contributed by atoms with E-state index in [1.165, 1.54) is 12.1 Å². The van der Waals surface area contributed by atoms with E-state index in [0.717, 1.165) is 5.56 Å². The molecule has 0 bridgehead atoms. The Kier molecular flexibility index (Phi) is 3.93. The number of phenolic OH excluding ortho intramolecular Hbond substituents is 2. The van der Waals surface area contributed by atoms with Crippen molar-refractivity contribution in [1.29, 1.82) is 0 Å². The molecule has 0 aliphatic rings. The molecule has 15 heavy (non-hydrogen) atoms. The van der Waals surface area contributed by atoms with E-state index in [1.54, 1.807) is 6.07 Å². The highest BCUT2D eigenvalue weighted by Gasteiger charge is 2.01. The van der Waals surface area contributed by atoms with Crippen LogP contribution >= 0.6 is 0 Å². The maximum Gasteiger partial charge on any atom is 0.245 e. The van der Waals surface area contributed by atoms with Crippen molar-refractivity contribution < 1.29 is 20.1 Å². The van der Waals surface area contributed by atoms with Crippen LogP contribution in [0.4, 0.5) is 0 Å². The summed E-state index contributed by atoms with van der Waals surface area (Å²) in [6.07, 6.45) is 0.527. The van der Waals surface area contributed by atoms with Crippen molar-refractivity contribution in [3.63, 3.8) is 0 Å². The molecular formula is C10H13NO4. The van der Waals surface area contributed by atoms with Gasteiger partial charge < -0.3 is 20.6 Å². The van der Waals surface area contributed by atoms with Gasteiger partial charge in [0.15, 0.2) is 11.5 Å². The van der Waals surface area contributed by atoms with Crippen LogP contribution in [0.15, 0.2) is 18.2 Å². The summed E-state index contributed by atoms with van der Waals surface area (Å²) < 4.78 is 0. The van der Waals surface area contributed by atoms with E-state index in [2.05, 4.69) is 5.32 Å². The monoisotopic (exact) mass is 211 g/mol. The number of aliphatic hydroxyl groups excluding tert-OH is 1. The minimum absolute atomic E-state index is 0.168. The van der Waals surface area contributed by atoms with Crippen LogP contribution in [-0.4, -0.2) is 34.4 Å². The maximum atomic E-state index is 10.7. The van der Waals surface area contributed by atoms with Crippen molar-refractivity contribution in [2.24, 2.45) is 0 Å². The van der Waals surface area contributed by atoms with Crippen molar-refractivity contribution in [3.05, 3.63) is 23.8 Å². The van der Waals surface area contributed by atoms with E-state index in [-0.39, 0.29) is 11.5 Å². The lowest BCUT2D eigenvalue weighted by molar-refractivity contribution is -0.123. The van der Waals surface area contributed by atoms with Gasteiger partial charge in [0.25, 0.3) is 0 Å². The molecule has 1 aromatic carbocycles. The summed E-state index contributed by atoms with van der Waals surface area (Å²) in [5, 5.41) is 29.1. The number of phenols is 2. The van der Waals surface area contributed by atoms with E-state index in [0.29, 0.717) is 13.0 Å².